The highest BCUT2D eigenvalue weighted by atomic mass is 35.5. The zero-order valence-electron chi connectivity index (χ0n) is 12.7. The molecule has 3 rings (SSSR count). The predicted octanol–water partition coefficient (Wildman–Crippen LogP) is 3.30. The van der Waals surface area contributed by atoms with Crippen molar-refractivity contribution < 1.29 is 4.79 Å². The van der Waals surface area contributed by atoms with Crippen LogP contribution in [-0.2, 0) is 0 Å². The fraction of sp³-hybridized carbons (Fsp3) is 0.118. The largest absolute Gasteiger partial charge is 0.363 e. The molecular weight excluding hydrogens is 312 g/mol. The number of nitrogens with two attached hydrogens (primary N) is 1. The number of amides is 1. The van der Waals surface area contributed by atoms with Crippen molar-refractivity contribution in [2.75, 3.05) is 0 Å². The van der Waals surface area contributed by atoms with Gasteiger partial charge in [-0.2, -0.15) is 0 Å². The number of carbonyl (C=O) groups excluding carboxylic acids is 1. The number of rotatable bonds is 3. The Bertz CT molecular complexity index is 884. The van der Waals surface area contributed by atoms with E-state index in [1.54, 1.807) is 10.7 Å². The summed E-state index contributed by atoms with van der Waals surface area (Å²) >= 11 is 6.20. The molecule has 2 N–H and O–H groups in total. The summed E-state index contributed by atoms with van der Waals surface area (Å²) in [5.74, 6) is -0.161. The summed E-state index contributed by atoms with van der Waals surface area (Å²) in [5, 5.41) is 4.84. The normalized spacial score (nSPS) is 10.7. The summed E-state index contributed by atoms with van der Waals surface area (Å²) in [5.41, 5.74) is 8.98. The fourth-order valence-corrected chi connectivity index (χ4v) is 2.37. The van der Waals surface area contributed by atoms with E-state index in [0.29, 0.717) is 10.8 Å². The third-order valence-electron chi connectivity index (χ3n) is 3.54. The van der Waals surface area contributed by atoms with E-state index in [9.17, 15) is 4.79 Å². The highest BCUT2D eigenvalue weighted by molar-refractivity contribution is 6.31. The summed E-state index contributed by atoms with van der Waals surface area (Å²) in [6, 6.07) is 13.3. The molecule has 1 aromatic heterocycles. The van der Waals surface area contributed by atoms with Crippen molar-refractivity contribution in [2.24, 2.45) is 5.73 Å². The second-order valence-electron chi connectivity index (χ2n) is 5.33. The molecule has 0 aliphatic heterocycles. The summed E-state index contributed by atoms with van der Waals surface area (Å²) in [7, 11) is 0. The van der Waals surface area contributed by atoms with Gasteiger partial charge in [-0.1, -0.05) is 47.5 Å². The van der Waals surface area contributed by atoms with E-state index in [1.165, 1.54) is 0 Å². The van der Waals surface area contributed by atoms with E-state index in [0.717, 1.165) is 22.4 Å². The van der Waals surface area contributed by atoms with Crippen molar-refractivity contribution in [1.29, 1.82) is 0 Å². The van der Waals surface area contributed by atoms with Gasteiger partial charge in [0.15, 0.2) is 5.82 Å². The molecule has 0 bridgehead atoms. The first-order valence-corrected chi connectivity index (χ1v) is 7.44. The van der Waals surface area contributed by atoms with Crippen molar-refractivity contribution in [3.05, 3.63) is 64.4 Å². The van der Waals surface area contributed by atoms with Gasteiger partial charge < -0.3 is 5.73 Å². The second kappa shape index (κ2) is 5.85. The summed E-state index contributed by atoms with van der Waals surface area (Å²) in [6.45, 7) is 3.92. The molecule has 0 spiro atoms. The highest BCUT2D eigenvalue weighted by Crippen LogP contribution is 2.24. The van der Waals surface area contributed by atoms with Crippen LogP contribution in [0.2, 0.25) is 5.02 Å². The molecule has 23 heavy (non-hydrogen) atoms. The first-order valence-electron chi connectivity index (χ1n) is 7.06. The van der Waals surface area contributed by atoms with Crippen LogP contribution < -0.4 is 5.73 Å². The number of halogens is 1. The first kappa shape index (κ1) is 15.2. The molecule has 1 amide bonds. The van der Waals surface area contributed by atoms with Gasteiger partial charge in [-0.15, -0.1) is 5.10 Å². The van der Waals surface area contributed by atoms with Gasteiger partial charge in [-0.3, -0.25) is 4.79 Å². The number of aromatic nitrogens is 3. The molecule has 3 aromatic rings. The van der Waals surface area contributed by atoms with E-state index in [2.05, 4.69) is 10.1 Å². The fourth-order valence-electron chi connectivity index (χ4n) is 2.20. The number of benzene rings is 2. The maximum atomic E-state index is 11.5. The molecule has 0 atom stereocenters. The van der Waals surface area contributed by atoms with Gasteiger partial charge in [-0.25, -0.2) is 9.67 Å². The molecule has 2 aromatic carbocycles. The predicted molar refractivity (Wildman–Crippen MR) is 89.8 cm³/mol. The van der Waals surface area contributed by atoms with Crippen LogP contribution >= 0.6 is 11.6 Å². The van der Waals surface area contributed by atoms with Crippen LogP contribution in [-0.4, -0.2) is 20.7 Å². The zero-order valence-corrected chi connectivity index (χ0v) is 13.5. The minimum Gasteiger partial charge on any atom is -0.363 e. The Labute approximate surface area is 138 Å². The van der Waals surface area contributed by atoms with Gasteiger partial charge in [0.25, 0.3) is 5.91 Å². The van der Waals surface area contributed by atoms with Gasteiger partial charge in [0.2, 0.25) is 5.82 Å². The topological polar surface area (TPSA) is 73.8 Å². The Kier molecular flexibility index (Phi) is 3.88. The minimum absolute atomic E-state index is 0.0303. The summed E-state index contributed by atoms with van der Waals surface area (Å²) in [6.07, 6.45) is 0. The molecule has 116 valence electrons. The van der Waals surface area contributed by atoms with Gasteiger partial charge >= 0.3 is 0 Å². The minimum atomic E-state index is -0.671. The van der Waals surface area contributed by atoms with Crippen molar-refractivity contribution >= 4 is 17.5 Å². The van der Waals surface area contributed by atoms with Crippen LogP contribution in [0.25, 0.3) is 17.1 Å². The lowest BCUT2D eigenvalue weighted by molar-refractivity contribution is 0.0990. The smallest absolute Gasteiger partial charge is 0.288 e. The molecule has 0 radical (unpaired) electrons. The van der Waals surface area contributed by atoms with E-state index < -0.39 is 5.91 Å². The van der Waals surface area contributed by atoms with Crippen LogP contribution in [0.1, 0.15) is 21.7 Å². The lowest BCUT2D eigenvalue weighted by atomic mass is 10.1. The average molecular weight is 327 g/mol. The number of hydrogen-bond donors (Lipinski definition) is 1. The number of nitrogens with zero attached hydrogens (tertiary/aromatic N) is 3. The van der Waals surface area contributed by atoms with Crippen molar-refractivity contribution in [3.63, 3.8) is 0 Å². The van der Waals surface area contributed by atoms with Gasteiger partial charge in [0.1, 0.15) is 0 Å². The van der Waals surface area contributed by atoms with Crippen LogP contribution in [0.15, 0.2) is 42.5 Å². The number of aryl methyl sites for hydroxylation is 2. The van der Waals surface area contributed by atoms with Crippen LogP contribution in [0.5, 0.6) is 0 Å². The lowest BCUT2D eigenvalue weighted by Gasteiger charge is -2.08. The van der Waals surface area contributed by atoms with E-state index in [-0.39, 0.29) is 5.82 Å². The van der Waals surface area contributed by atoms with Gasteiger partial charge in [0.05, 0.1) is 5.69 Å². The Hall–Kier alpha value is -2.66. The second-order valence-corrected chi connectivity index (χ2v) is 5.74. The number of primary amides is 1. The molecule has 0 saturated carbocycles. The third kappa shape index (κ3) is 2.96. The van der Waals surface area contributed by atoms with Crippen molar-refractivity contribution in [2.45, 2.75) is 13.8 Å². The molecule has 0 fully saturated rings. The lowest BCUT2D eigenvalue weighted by Crippen LogP contribution is -2.13. The zero-order chi connectivity index (χ0) is 16.6. The van der Waals surface area contributed by atoms with E-state index in [1.807, 2.05) is 50.2 Å². The Balaban J connectivity index is 2.20. The Morgan fingerprint density at radius 1 is 1.13 bits per heavy atom. The third-order valence-corrected chi connectivity index (χ3v) is 3.94. The van der Waals surface area contributed by atoms with Crippen LogP contribution in [0.3, 0.4) is 0 Å². The number of hydrogen-bond acceptors (Lipinski definition) is 3. The molecule has 5 nitrogen and oxygen atoms in total. The molecule has 6 heteroatoms. The molecule has 0 aliphatic carbocycles. The quantitative estimate of drug-likeness (QED) is 0.802. The summed E-state index contributed by atoms with van der Waals surface area (Å²) in [4.78, 5) is 15.7. The Morgan fingerprint density at radius 3 is 2.43 bits per heavy atom. The maximum absolute atomic E-state index is 11.5. The SMILES string of the molecule is Cc1ccc(-c2nc(C(N)=O)nn2-c2ccc(C)c(Cl)c2)cc1. The molecule has 1 heterocycles. The molecule has 0 saturated heterocycles. The first-order chi connectivity index (χ1) is 11.0. The van der Waals surface area contributed by atoms with E-state index in [4.69, 9.17) is 17.3 Å². The molecular formula is C17H15ClN4O. The van der Waals surface area contributed by atoms with Gasteiger partial charge in [-0.05, 0) is 31.5 Å². The molecule has 0 aliphatic rings. The van der Waals surface area contributed by atoms with Gasteiger partial charge in [0, 0.05) is 10.6 Å². The monoisotopic (exact) mass is 326 g/mol. The van der Waals surface area contributed by atoms with Crippen molar-refractivity contribution in [1.82, 2.24) is 14.8 Å². The maximum Gasteiger partial charge on any atom is 0.288 e. The standard InChI is InChI=1S/C17H15ClN4O/c1-10-3-6-12(7-4-10)17-20-16(15(19)23)21-22(17)13-8-5-11(2)14(18)9-13/h3-9H,1-2H3,(H2,19,23). The molecule has 0 unspecified atom stereocenters. The highest BCUT2D eigenvalue weighted by Gasteiger charge is 2.17. The average Bonchev–Trinajstić information content (AvgIpc) is 2.96. The van der Waals surface area contributed by atoms with Crippen LogP contribution in [0.4, 0.5) is 0 Å². The van der Waals surface area contributed by atoms with Crippen LogP contribution in [0, 0.1) is 13.8 Å². The number of carbonyl (C=O) groups is 1. The Morgan fingerprint density at radius 2 is 1.83 bits per heavy atom. The van der Waals surface area contributed by atoms with E-state index >= 15 is 0 Å². The summed E-state index contributed by atoms with van der Waals surface area (Å²) < 4.78 is 1.58. The van der Waals surface area contributed by atoms with Crippen molar-refractivity contribution in [3.8, 4) is 17.1 Å².